The number of aliphatic carboxylic acids is 1. The molecule has 36 heavy (non-hydrogen) atoms. The predicted octanol–water partition coefficient (Wildman–Crippen LogP) is 5.83. The van der Waals surface area contributed by atoms with Gasteiger partial charge in [-0.05, 0) is 62.4 Å². The molecular formula is C26H30ClFN4O3S. The van der Waals surface area contributed by atoms with E-state index in [-0.39, 0.29) is 17.9 Å². The maximum Gasteiger partial charge on any atom is 0.303 e. The van der Waals surface area contributed by atoms with Crippen LogP contribution < -0.4 is 4.74 Å². The van der Waals surface area contributed by atoms with Gasteiger partial charge >= 0.3 is 5.97 Å². The standard InChI is InChI=1S/C26H30ClFN4O3S/c1-35-18-2-3-22-19(14-18)25(20(27)16-31-22)21(28)4-5-26(15-24(33)34)6-10-32(11-7-26)12-13-36-23-17-29-8-9-30-23/h2-3,8-9,14,16-17,21H,4-7,10-13,15H2,1H3,(H,33,34)/t21-/m1/s1. The summed E-state index contributed by atoms with van der Waals surface area (Å²) < 4.78 is 21.0. The zero-order valence-electron chi connectivity index (χ0n) is 20.2. The molecule has 1 aliphatic heterocycles. The second-order valence-electron chi connectivity index (χ2n) is 9.21. The van der Waals surface area contributed by atoms with Gasteiger partial charge in [0.05, 0.1) is 30.3 Å². The Morgan fingerprint density at radius 2 is 2.08 bits per heavy atom. The number of hydrogen-bond donors (Lipinski definition) is 1. The molecule has 1 aromatic carbocycles. The van der Waals surface area contributed by atoms with Gasteiger partial charge in [-0.15, -0.1) is 11.8 Å². The average molecular weight is 533 g/mol. The van der Waals surface area contributed by atoms with Gasteiger partial charge in [-0.25, -0.2) is 9.37 Å². The molecular weight excluding hydrogens is 503 g/mol. The number of thioether (sulfide) groups is 1. The zero-order valence-corrected chi connectivity index (χ0v) is 21.8. The average Bonchev–Trinajstić information content (AvgIpc) is 2.88. The molecule has 0 amide bonds. The minimum atomic E-state index is -1.33. The molecule has 1 N–H and O–H groups in total. The molecule has 10 heteroatoms. The van der Waals surface area contributed by atoms with Crippen LogP contribution in [-0.2, 0) is 4.79 Å². The molecule has 0 unspecified atom stereocenters. The molecule has 0 saturated carbocycles. The molecule has 0 aliphatic carbocycles. The Bertz CT molecular complexity index is 1180. The lowest BCUT2D eigenvalue weighted by Crippen LogP contribution is -2.42. The zero-order chi connectivity index (χ0) is 25.5. The van der Waals surface area contributed by atoms with Gasteiger partial charge in [-0.3, -0.25) is 14.8 Å². The van der Waals surface area contributed by atoms with E-state index in [1.54, 1.807) is 55.7 Å². The van der Waals surface area contributed by atoms with Gasteiger partial charge in [0, 0.05) is 41.8 Å². The molecule has 1 aliphatic rings. The van der Waals surface area contributed by atoms with E-state index in [4.69, 9.17) is 16.3 Å². The second kappa shape index (κ2) is 12.2. The second-order valence-corrected chi connectivity index (χ2v) is 10.7. The van der Waals surface area contributed by atoms with Gasteiger partial charge in [0.25, 0.3) is 0 Å². The Labute approximate surface area is 219 Å². The fraction of sp³-hybridized carbons (Fsp3) is 0.462. The summed E-state index contributed by atoms with van der Waals surface area (Å²) in [6.45, 7) is 2.47. The fourth-order valence-corrected chi connectivity index (χ4v) is 6.02. The third kappa shape index (κ3) is 6.63. The minimum Gasteiger partial charge on any atom is -0.497 e. The van der Waals surface area contributed by atoms with Crippen LogP contribution in [0.1, 0.15) is 43.8 Å². The number of ether oxygens (including phenoxy) is 1. The monoisotopic (exact) mass is 532 g/mol. The number of aromatic nitrogens is 3. The van der Waals surface area contributed by atoms with Crippen molar-refractivity contribution in [3.63, 3.8) is 0 Å². The van der Waals surface area contributed by atoms with Gasteiger partial charge in [0.2, 0.25) is 0 Å². The first kappa shape index (κ1) is 26.6. The third-order valence-electron chi connectivity index (χ3n) is 6.95. The summed E-state index contributed by atoms with van der Waals surface area (Å²) in [6.07, 6.45) is 7.40. The van der Waals surface area contributed by atoms with E-state index < -0.39 is 17.6 Å². The number of piperidine rings is 1. The number of methoxy groups -OCH3 is 1. The number of hydrogen-bond acceptors (Lipinski definition) is 7. The molecule has 0 bridgehead atoms. The molecule has 1 atom stereocenters. The first-order valence-corrected chi connectivity index (χ1v) is 13.3. The van der Waals surface area contributed by atoms with Crippen LogP contribution in [-0.4, -0.2) is 63.4 Å². The summed E-state index contributed by atoms with van der Waals surface area (Å²) in [5.74, 6) is 0.648. The van der Waals surface area contributed by atoms with E-state index in [0.717, 1.165) is 43.3 Å². The Morgan fingerprint density at radius 3 is 2.78 bits per heavy atom. The number of nitrogens with zero attached hydrogens (tertiary/aromatic N) is 4. The maximum absolute atomic E-state index is 15.7. The summed E-state index contributed by atoms with van der Waals surface area (Å²) in [5.41, 5.74) is 0.604. The molecule has 1 saturated heterocycles. The molecule has 2 aromatic heterocycles. The van der Waals surface area contributed by atoms with Gasteiger partial charge in [0.15, 0.2) is 0 Å². The first-order valence-electron chi connectivity index (χ1n) is 12.0. The van der Waals surface area contributed by atoms with Crippen molar-refractivity contribution in [2.45, 2.75) is 43.3 Å². The molecule has 3 heterocycles. The van der Waals surface area contributed by atoms with Crippen molar-refractivity contribution in [3.8, 4) is 5.75 Å². The number of rotatable bonds is 11. The maximum atomic E-state index is 15.7. The van der Waals surface area contributed by atoms with Crippen LogP contribution in [0.15, 0.2) is 48.0 Å². The van der Waals surface area contributed by atoms with Crippen LogP contribution in [0.5, 0.6) is 5.75 Å². The van der Waals surface area contributed by atoms with Crippen LogP contribution in [0.3, 0.4) is 0 Å². The largest absolute Gasteiger partial charge is 0.497 e. The number of halogens is 2. The highest BCUT2D eigenvalue weighted by Crippen LogP contribution is 2.44. The highest BCUT2D eigenvalue weighted by atomic mass is 35.5. The lowest BCUT2D eigenvalue weighted by atomic mass is 9.71. The smallest absolute Gasteiger partial charge is 0.303 e. The van der Waals surface area contributed by atoms with Crippen LogP contribution in [0, 0.1) is 5.41 Å². The highest BCUT2D eigenvalue weighted by molar-refractivity contribution is 7.99. The van der Waals surface area contributed by atoms with Gasteiger partial charge in [-0.1, -0.05) is 11.6 Å². The number of pyridine rings is 1. The minimum absolute atomic E-state index is 0.0422. The van der Waals surface area contributed by atoms with Crippen LogP contribution in [0.25, 0.3) is 10.9 Å². The topological polar surface area (TPSA) is 88.4 Å². The Balaban J connectivity index is 1.39. The van der Waals surface area contributed by atoms with Gasteiger partial charge < -0.3 is 14.7 Å². The summed E-state index contributed by atoms with van der Waals surface area (Å²) in [5, 5.41) is 11.4. The molecule has 1 fully saturated rings. The Hall–Kier alpha value is -2.49. The van der Waals surface area contributed by atoms with Crippen molar-refractivity contribution in [2.75, 3.05) is 32.5 Å². The van der Waals surface area contributed by atoms with Gasteiger partial charge in [0.1, 0.15) is 16.9 Å². The van der Waals surface area contributed by atoms with Crippen LogP contribution in [0.2, 0.25) is 5.02 Å². The molecule has 192 valence electrons. The van der Waals surface area contributed by atoms with E-state index in [1.165, 1.54) is 6.20 Å². The molecule has 7 nitrogen and oxygen atoms in total. The third-order valence-corrected chi connectivity index (χ3v) is 8.14. The predicted molar refractivity (Wildman–Crippen MR) is 140 cm³/mol. The number of carbonyl (C=O) groups is 1. The number of alkyl halides is 1. The number of carboxylic acids is 1. The summed E-state index contributed by atoms with van der Waals surface area (Å²) in [4.78, 5) is 26.7. The van der Waals surface area contributed by atoms with Crippen molar-refractivity contribution in [3.05, 3.63) is 53.6 Å². The number of benzene rings is 1. The van der Waals surface area contributed by atoms with Crippen LogP contribution >= 0.6 is 23.4 Å². The van der Waals surface area contributed by atoms with E-state index in [1.807, 2.05) is 0 Å². The van der Waals surface area contributed by atoms with Crippen molar-refractivity contribution < 1.29 is 19.0 Å². The molecule has 0 radical (unpaired) electrons. The Morgan fingerprint density at radius 1 is 1.28 bits per heavy atom. The summed E-state index contributed by atoms with van der Waals surface area (Å²) in [6, 6.07) is 5.31. The number of carboxylic acid groups (broad SMARTS) is 1. The van der Waals surface area contributed by atoms with E-state index in [9.17, 15) is 9.90 Å². The van der Waals surface area contributed by atoms with E-state index >= 15 is 4.39 Å². The van der Waals surface area contributed by atoms with Crippen LogP contribution in [0.4, 0.5) is 4.39 Å². The summed E-state index contributed by atoms with van der Waals surface area (Å²) in [7, 11) is 1.56. The lowest BCUT2D eigenvalue weighted by Gasteiger charge is -2.41. The lowest BCUT2D eigenvalue weighted by molar-refractivity contribution is -0.141. The first-order chi connectivity index (χ1) is 17.4. The quantitative estimate of drug-likeness (QED) is 0.309. The van der Waals surface area contributed by atoms with E-state index in [2.05, 4.69) is 19.9 Å². The van der Waals surface area contributed by atoms with Gasteiger partial charge in [-0.2, -0.15) is 0 Å². The van der Waals surface area contributed by atoms with E-state index in [0.29, 0.717) is 28.6 Å². The fourth-order valence-electron chi connectivity index (χ4n) is 4.92. The number of fused-ring (bicyclic) bond motifs is 1. The summed E-state index contributed by atoms with van der Waals surface area (Å²) >= 11 is 8.05. The Kier molecular flexibility index (Phi) is 8.98. The highest BCUT2D eigenvalue weighted by Gasteiger charge is 2.37. The molecule has 3 aromatic rings. The van der Waals surface area contributed by atoms with Crippen molar-refractivity contribution in [1.82, 2.24) is 19.9 Å². The SMILES string of the molecule is COc1ccc2ncc(Cl)c([C@H](F)CCC3(CC(=O)O)CCN(CCSc4cnccn4)CC3)c2c1. The van der Waals surface area contributed by atoms with Crippen molar-refractivity contribution in [1.29, 1.82) is 0 Å². The van der Waals surface area contributed by atoms with Crippen molar-refractivity contribution >= 4 is 40.2 Å². The molecule has 4 rings (SSSR count). The normalized spacial score (nSPS) is 16.6. The van der Waals surface area contributed by atoms with Crippen molar-refractivity contribution in [2.24, 2.45) is 5.41 Å². The number of likely N-dealkylation sites (tertiary alicyclic amines) is 1. The molecule has 0 spiro atoms.